The number of hydrogen-bond acceptors (Lipinski definition) is 4. The molecule has 1 amide bonds. The maximum Gasteiger partial charge on any atom is 0.282 e. The van der Waals surface area contributed by atoms with Gasteiger partial charge < -0.3 is 9.47 Å². The fourth-order valence-electron chi connectivity index (χ4n) is 4.31. The van der Waals surface area contributed by atoms with E-state index in [0.717, 1.165) is 28.3 Å². The van der Waals surface area contributed by atoms with E-state index in [4.69, 9.17) is 16.7 Å². The molecule has 2 aromatic heterocycles. The smallest absolute Gasteiger partial charge is 0.282 e. The Bertz CT molecular complexity index is 1410. The normalized spacial score (nSPS) is 12.8. The Hall–Kier alpha value is -3.91. The Balaban J connectivity index is 1.57. The summed E-state index contributed by atoms with van der Waals surface area (Å²) >= 11 is 6.04. The molecule has 1 aliphatic rings. The van der Waals surface area contributed by atoms with Crippen LogP contribution in [-0.4, -0.2) is 30.1 Å². The molecule has 166 valence electrons. The first-order valence-corrected chi connectivity index (χ1v) is 10.8. The fourth-order valence-corrected chi connectivity index (χ4v) is 4.48. The molecule has 8 nitrogen and oxygen atoms in total. The second-order valence-electron chi connectivity index (χ2n) is 8.12. The minimum Gasteiger partial charge on any atom is -0.328 e. The van der Waals surface area contributed by atoms with E-state index in [1.165, 1.54) is 23.8 Å². The lowest BCUT2D eigenvalue weighted by molar-refractivity contribution is -0.385. The van der Waals surface area contributed by atoms with E-state index in [0.29, 0.717) is 0 Å². The van der Waals surface area contributed by atoms with Crippen LogP contribution in [0, 0.1) is 24.0 Å². The number of nitrogens with zero attached hydrogens (tertiary/aromatic N) is 5. The van der Waals surface area contributed by atoms with Gasteiger partial charge in [-0.05, 0) is 49.7 Å². The summed E-state index contributed by atoms with van der Waals surface area (Å²) < 4.78 is 3.88. The van der Waals surface area contributed by atoms with E-state index in [2.05, 4.69) is 6.07 Å². The quantitative estimate of drug-likeness (QED) is 0.316. The number of amides is 1. The first-order chi connectivity index (χ1) is 15.8. The predicted molar refractivity (Wildman–Crippen MR) is 124 cm³/mol. The minimum atomic E-state index is -0.565. The first kappa shape index (κ1) is 21.0. The lowest BCUT2D eigenvalue weighted by Gasteiger charge is -2.18. The summed E-state index contributed by atoms with van der Waals surface area (Å²) in [5, 5.41) is 16.6. The van der Waals surface area contributed by atoms with Crippen molar-refractivity contribution in [2.75, 3.05) is 0 Å². The third kappa shape index (κ3) is 3.58. The highest BCUT2D eigenvalue weighted by Gasteiger charge is 2.34. The molecule has 2 aromatic carbocycles. The van der Waals surface area contributed by atoms with Crippen LogP contribution in [0.5, 0.6) is 0 Å². The van der Waals surface area contributed by atoms with Gasteiger partial charge in [-0.15, -0.1) is 0 Å². The van der Waals surface area contributed by atoms with Crippen molar-refractivity contribution >= 4 is 23.2 Å². The fraction of sp³-hybridized carbons (Fsp3) is 0.167. The van der Waals surface area contributed by atoms with E-state index in [1.54, 1.807) is 4.90 Å². The number of halogens is 1. The lowest BCUT2D eigenvalue weighted by atomic mass is 10.1. The van der Waals surface area contributed by atoms with Crippen molar-refractivity contribution in [1.82, 2.24) is 19.2 Å². The minimum absolute atomic E-state index is 0.0255. The summed E-state index contributed by atoms with van der Waals surface area (Å²) in [6.07, 6.45) is 3.87. The molecule has 1 aliphatic heterocycles. The van der Waals surface area contributed by atoms with Crippen LogP contribution >= 0.6 is 11.6 Å². The number of benzene rings is 2. The lowest BCUT2D eigenvalue weighted by Crippen LogP contribution is -2.27. The van der Waals surface area contributed by atoms with Crippen LogP contribution in [0.25, 0.3) is 11.5 Å². The third-order valence-electron chi connectivity index (χ3n) is 5.83. The molecule has 33 heavy (non-hydrogen) atoms. The number of aromatic nitrogens is 3. The van der Waals surface area contributed by atoms with Crippen molar-refractivity contribution in [2.45, 2.75) is 26.9 Å². The van der Waals surface area contributed by atoms with Gasteiger partial charge in [-0.3, -0.25) is 14.9 Å². The zero-order valence-corrected chi connectivity index (χ0v) is 18.8. The van der Waals surface area contributed by atoms with Crippen LogP contribution in [0.3, 0.4) is 0 Å². The average molecular weight is 462 g/mol. The number of fused-ring (bicyclic) bond motifs is 1. The Labute approximate surface area is 194 Å². The summed E-state index contributed by atoms with van der Waals surface area (Å²) in [7, 11) is 0. The van der Waals surface area contributed by atoms with E-state index in [1.807, 2.05) is 59.8 Å². The first-order valence-electron chi connectivity index (χ1n) is 10.4. The van der Waals surface area contributed by atoms with Crippen LogP contribution in [0.15, 0.2) is 60.9 Å². The van der Waals surface area contributed by atoms with Crippen molar-refractivity contribution in [1.29, 1.82) is 0 Å². The van der Waals surface area contributed by atoms with Crippen molar-refractivity contribution in [2.24, 2.45) is 0 Å². The molecular weight excluding hydrogens is 442 g/mol. The molecule has 0 saturated carbocycles. The van der Waals surface area contributed by atoms with Crippen LogP contribution in [0.1, 0.15) is 32.7 Å². The number of rotatable bonds is 4. The second kappa shape index (κ2) is 7.90. The van der Waals surface area contributed by atoms with E-state index in [9.17, 15) is 14.9 Å². The van der Waals surface area contributed by atoms with Gasteiger partial charge in [-0.1, -0.05) is 29.3 Å². The van der Waals surface area contributed by atoms with E-state index >= 15 is 0 Å². The van der Waals surface area contributed by atoms with Crippen molar-refractivity contribution in [3.63, 3.8) is 0 Å². The Morgan fingerprint density at radius 3 is 2.55 bits per heavy atom. The summed E-state index contributed by atoms with van der Waals surface area (Å²) in [6, 6.07) is 14.1. The Morgan fingerprint density at radius 2 is 1.85 bits per heavy atom. The van der Waals surface area contributed by atoms with Gasteiger partial charge in [0.25, 0.3) is 11.6 Å². The maximum atomic E-state index is 13.3. The van der Waals surface area contributed by atoms with Crippen molar-refractivity contribution < 1.29 is 9.72 Å². The molecule has 5 rings (SSSR count). The molecule has 0 atom stereocenters. The third-order valence-corrected chi connectivity index (χ3v) is 6.07. The summed E-state index contributed by atoms with van der Waals surface area (Å²) in [5.41, 5.74) is 4.59. The van der Waals surface area contributed by atoms with Gasteiger partial charge in [0.05, 0.1) is 29.4 Å². The number of aryl methyl sites for hydroxylation is 2. The second-order valence-corrected chi connectivity index (χ2v) is 8.56. The van der Waals surface area contributed by atoms with Gasteiger partial charge >= 0.3 is 0 Å². The molecule has 0 bridgehead atoms. The number of hydrogen-bond donors (Lipinski definition) is 0. The molecular formula is C24H20ClN5O3. The summed E-state index contributed by atoms with van der Waals surface area (Å²) in [6.45, 7) is 4.63. The highest BCUT2D eigenvalue weighted by molar-refractivity contribution is 6.31. The summed E-state index contributed by atoms with van der Waals surface area (Å²) in [5.74, 6) is 0.400. The van der Waals surface area contributed by atoms with Gasteiger partial charge in [0.15, 0.2) is 0 Å². The van der Waals surface area contributed by atoms with Gasteiger partial charge in [0.2, 0.25) is 0 Å². The molecule has 3 heterocycles. The van der Waals surface area contributed by atoms with Crippen LogP contribution in [0.2, 0.25) is 5.02 Å². The van der Waals surface area contributed by atoms with Crippen molar-refractivity contribution in [3.8, 4) is 11.5 Å². The van der Waals surface area contributed by atoms with Crippen molar-refractivity contribution in [3.05, 3.63) is 104 Å². The number of nitro groups is 1. The summed E-state index contributed by atoms with van der Waals surface area (Å²) in [4.78, 5) is 25.7. The van der Waals surface area contributed by atoms with E-state index in [-0.39, 0.29) is 29.4 Å². The van der Waals surface area contributed by atoms with Crippen LogP contribution < -0.4 is 0 Å². The molecule has 0 saturated heterocycles. The molecule has 0 aliphatic carbocycles. The SMILES string of the molecule is Cc1ccc(-n2nc3c(c2-n2cccc2)CN(C(=O)c2cc(Cl)ccc2[N+](=O)[O-])C3)c(C)c1. The molecule has 0 unspecified atom stereocenters. The topological polar surface area (TPSA) is 86.2 Å². The monoisotopic (exact) mass is 461 g/mol. The zero-order valence-electron chi connectivity index (χ0n) is 18.0. The molecule has 0 radical (unpaired) electrons. The standard InChI is InChI=1S/C24H20ClN5O3/c1-15-5-7-21(16(2)11-15)29-23(27-9-3-4-10-27)19-13-28(14-20(19)26-29)24(31)18-12-17(25)6-8-22(18)30(32)33/h3-12H,13-14H2,1-2H3. The number of carbonyl (C=O) groups excluding carboxylic acids is 1. The largest absolute Gasteiger partial charge is 0.328 e. The average Bonchev–Trinajstić information content (AvgIpc) is 3.49. The highest BCUT2D eigenvalue weighted by atomic mass is 35.5. The predicted octanol–water partition coefficient (Wildman–Crippen LogP) is 5.00. The maximum absolute atomic E-state index is 13.3. The Kier molecular flexibility index (Phi) is 5.02. The molecule has 9 heteroatoms. The van der Waals surface area contributed by atoms with Gasteiger partial charge in [0.1, 0.15) is 11.4 Å². The molecule has 0 fully saturated rings. The zero-order chi connectivity index (χ0) is 23.3. The number of carbonyl (C=O) groups is 1. The van der Waals surface area contributed by atoms with Gasteiger partial charge in [0, 0.05) is 29.0 Å². The van der Waals surface area contributed by atoms with Gasteiger partial charge in [-0.25, -0.2) is 4.68 Å². The molecule has 0 N–H and O–H groups in total. The molecule has 4 aromatic rings. The van der Waals surface area contributed by atoms with E-state index < -0.39 is 10.8 Å². The van der Waals surface area contributed by atoms with Crippen LogP contribution in [-0.2, 0) is 13.1 Å². The molecule has 0 spiro atoms. The number of nitro benzene ring substituents is 1. The Morgan fingerprint density at radius 1 is 1.09 bits per heavy atom. The van der Waals surface area contributed by atoms with Gasteiger partial charge in [-0.2, -0.15) is 5.10 Å². The highest BCUT2D eigenvalue weighted by Crippen LogP contribution is 2.33. The van der Waals surface area contributed by atoms with Crippen LogP contribution in [0.4, 0.5) is 5.69 Å².